The first-order chi connectivity index (χ1) is 13.7. The van der Waals surface area contributed by atoms with Crippen molar-refractivity contribution in [1.82, 2.24) is 25.3 Å². The maximum absolute atomic E-state index is 12.4. The minimum absolute atomic E-state index is 0.0301. The number of hydrogen-bond donors (Lipinski definition) is 1. The summed E-state index contributed by atoms with van der Waals surface area (Å²) in [6.07, 6.45) is 0. The lowest BCUT2D eigenvalue weighted by Gasteiger charge is -2.07. The summed E-state index contributed by atoms with van der Waals surface area (Å²) in [5.74, 6) is -0.418. The van der Waals surface area contributed by atoms with Crippen LogP contribution in [0, 0.1) is 0 Å². The van der Waals surface area contributed by atoms with Gasteiger partial charge in [0.1, 0.15) is 5.69 Å². The van der Waals surface area contributed by atoms with Gasteiger partial charge in [-0.2, -0.15) is 4.68 Å². The van der Waals surface area contributed by atoms with Crippen molar-refractivity contribution in [3.8, 4) is 28.2 Å². The fourth-order valence-electron chi connectivity index (χ4n) is 2.82. The molecular formula is C19H16N6O3. The molecule has 9 heteroatoms. The van der Waals surface area contributed by atoms with E-state index < -0.39 is 5.97 Å². The third-order valence-electron chi connectivity index (χ3n) is 4.10. The normalized spacial score (nSPS) is 10.8. The number of carbonyl (C=O) groups excluding carboxylic acids is 1. The predicted octanol–water partition coefficient (Wildman–Crippen LogP) is 2.74. The Labute approximate surface area is 159 Å². The molecule has 2 N–H and O–H groups in total. The lowest BCUT2D eigenvalue weighted by molar-refractivity contribution is 0.0520. The number of aromatic nitrogens is 5. The lowest BCUT2D eigenvalue weighted by atomic mass is 10.0. The van der Waals surface area contributed by atoms with E-state index in [9.17, 15) is 4.79 Å². The van der Waals surface area contributed by atoms with Crippen molar-refractivity contribution in [3.63, 3.8) is 0 Å². The minimum Gasteiger partial charge on any atom is -0.461 e. The van der Waals surface area contributed by atoms with Crippen LogP contribution in [0.5, 0.6) is 0 Å². The van der Waals surface area contributed by atoms with E-state index in [1.165, 1.54) is 4.68 Å². The Morgan fingerprint density at radius 1 is 1.04 bits per heavy atom. The first-order valence-electron chi connectivity index (χ1n) is 8.56. The molecule has 2 aromatic carbocycles. The maximum atomic E-state index is 12.4. The molecule has 4 rings (SSSR count). The van der Waals surface area contributed by atoms with Gasteiger partial charge in [-0.1, -0.05) is 59.8 Å². The molecule has 0 saturated heterocycles. The van der Waals surface area contributed by atoms with Gasteiger partial charge in [-0.05, 0) is 28.4 Å². The number of nitrogens with zero attached hydrogens (tertiary/aromatic N) is 5. The summed E-state index contributed by atoms with van der Waals surface area (Å²) in [6, 6.07) is 17.6. The highest BCUT2D eigenvalue weighted by Crippen LogP contribution is 2.29. The van der Waals surface area contributed by atoms with Gasteiger partial charge in [-0.25, -0.2) is 9.42 Å². The quantitative estimate of drug-likeness (QED) is 0.528. The van der Waals surface area contributed by atoms with Crippen LogP contribution < -0.4 is 5.73 Å². The van der Waals surface area contributed by atoms with E-state index in [1.807, 2.05) is 54.6 Å². The highest BCUT2D eigenvalue weighted by Gasteiger charge is 2.26. The van der Waals surface area contributed by atoms with Crippen molar-refractivity contribution in [2.45, 2.75) is 6.92 Å². The molecule has 0 spiro atoms. The number of nitrogen functional groups attached to an aromatic ring is 1. The SMILES string of the molecule is CCOC(=O)c1nnn(-c2nonc2N)c1-c1ccc(-c2ccccc2)cc1. The van der Waals surface area contributed by atoms with Crippen molar-refractivity contribution in [2.75, 3.05) is 12.3 Å². The van der Waals surface area contributed by atoms with Crippen LogP contribution in [0.1, 0.15) is 17.4 Å². The molecule has 0 aliphatic heterocycles. The Morgan fingerprint density at radius 2 is 1.71 bits per heavy atom. The van der Waals surface area contributed by atoms with Crippen molar-refractivity contribution in [1.29, 1.82) is 0 Å². The van der Waals surface area contributed by atoms with Crippen LogP contribution in [0.25, 0.3) is 28.2 Å². The van der Waals surface area contributed by atoms with Crippen LogP contribution in [0.3, 0.4) is 0 Å². The second kappa shape index (κ2) is 7.31. The average molecular weight is 376 g/mol. The third-order valence-corrected chi connectivity index (χ3v) is 4.10. The molecular weight excluding hydrogens is 360 g/mol. The standard InChI is InChI=1S/C19H16N6O3/c1-2-27-19(26)15-16(25(24-21-15)18-17(20)22-28-23-18)14-10-8-13(9-11-14)12-6-4-3-5-7-12/h3-11H,2H2,1H3,(H2,20,22). The Hall–Kier alpha value is -4.01. The number of ether oxygens (including phenoxy) is 1. The van der Waals surface area contributed by atoms with Crippen LogP contribution >= 0.6 is 0 Å². The number of anilines is 1. The summed E-state index contributed by atoms with van der Waals surface area (Å²) < 4.78 is 11.1. The molecule has 0 aliphatic rings. The van der Waals surface area contributed by atoms with Gasteiger partial charge in [0.05, 0.1) is 6.61 Å². The average Bonchev–Trinajstić information content (AvgIpc) is 3.35. The molecule has 0 radical (unpaired) electrons. The number of rotatable bonds is 5. The summed E-state index contributed by atoms with van der Waals surface area (Å²) >= 11 is 0. The number of hydrogen-bond acceptors (Lipinski definition) is 8. The fourth-order valence-corrected chi connectivity index (χ4v) is 2.82. The van der Waals surface area contributed by atoms with E-state index in [0.717, 1.165) is 11.1 Å². The highest BCUT2D eigenvalue weighted by atomic mass is 16.6. The van der Waals surface area contributed by atoms with E-state index in [4.69, 9.17) is 10.5 Å². The Morgan fingerprint density at radius 3 is 2.36 bits per heavy atom. The van der Waals surface area contributed by atoms with Gasteiger partial charge in [-0.15, -0.1) is 5.10 Å². The number of carbonyl (C=O) groups is 1. The summed E-state index contributed by atoms with van der Waals surface area (Å²) in [4.78, 5) is 12.4. The molecule has 0 fully saturated rings. The number of benzene rings is 2. The van der Waals surface area contributed by atoms with Gasteiger partial charge < -0.3 is 10.5 Å². The second-order valence-corrected chi connectivity index (χ2v) is 5.84. The van der Waals surface area contributed by atoms with Gasteiger partial charge in [0.25, 0.3) is 0 Å². The van der Waals surface area contributed by atoms with Crippen LogP contribution in [-0.2, 0) is 4.74 Å². The minimum atomic E-state index is -0.592. The van der Waals surface area contributed by atoms with Crippen molar-refractivity contribution >= 4 is 11.8 Å². The Kier molecular flexibility index (Phi) is 4.55. The zero-order chi connectivity index (χ0) is 19.5. The number of esters is 1. The smallest absolute Gasteiger partial charge is 0.361 e. The first-order valence-corrected chi connectivity index (χ1v) is 8.56. The van der Waals surface area contributed by atoms with Gasteiger partial charge in [-0.3, -0.25) is 0 Å². The number of nitrogens with two attached hydrogens (primary N) is 1. The van der Waals surface area contributed by atoms with Crippen LogP contribution in [0.4, 0.5) is 5.82 Å². The van der Waals surface area contributed by atoms with Gasteiger partial charge in [0.2, 0.25) is 11.6 Å². The molecule has 0 bridgehead atoms. The monoisotopic (exact) mass is 376 g/mol. The van der Waals surface area contributed by atoms with Gasteiger partial charge >= 0.3 is 5.97 Å². The molecule has 2 heterocycles. The lowest BCUT2D eigenvalue weighted by Crippen LogP contribution is -2.08. The molecule has 4 aromatic rings. The van der Waals surface area contributed by atoms with Crippen LogP contribution in [0.15, 0.2) is 59.2 Å². The molecule has 0 atom stereocenters. The molecule has 2 aromatic heterocycles. The molecule has 0 unspecified atom stereocenters. The third kappa shape index (κ3) is 3.09. The predicted molar refractivity (Wildman–Crippen MR) is 100 cm³/mol. The summed E-state index contributed by atoms with van der Waals surface area (Å²) in [6.45, 7) is 1.93. The Balaban J connectivity index is 1.82. The molecule has 28 heavy (non-hydrogen) atoms. The second-order valence-electron chi connectivity index (χ2n) is 5.84. The largest absolute Gasteiger partial charge is 0.461 e. The van der Waals surface area contributed by atoms with Crippen molar-refractivity contribution < 1.29 is 14.2 Å². The van der Waals surface area contributed by atoms with Gasteiger partial charge in [0, 0.05) is 5.56 Å². The zero-order valence-electron chi connectivity index (χ0n) is 14.9. The first kappa shape index (κ1) is 17.4. The van der Waals surface area contributed by atoms with E-state index in [1.54, 1.807) is 6.92 Å². The van der Waals surface area contributed by atoms with Crippen molar-refractivity contribution in [3.05, 3.63) is 60.3 Å². The van der Waals surface area contributed by atoms with Crippen LogP contribution in [-0.4, -0.2) is 37.9 Å². The van der Waals surface area contributed by atoms with E-state index in [0.29, 0.717) is 11.3 Å². The fraction of sp³-hybridized carbons (Fsp3) is 0.105. The summed E-state index contributed by atoms with van der Waals surface area (Å²) in [5.41, 5.74) is 9.03. The summed E-state index contributed by atoms with van der Waals surface area (Å²) in [7, 11) is 0. The zero-order valence-corrected chi connectivity index (χ0v) is 14.9. The highest BCUT2D eigenvalue weighted by molar-refractivity contribution is 5.94. The van der Waals surface area contributed by atoms with E-state index in [2.05, 4.69) is 25.3 Å². The molecule has 0 aliphatic carbocycles. The molecule has 140 valence electrons. The maximum Gasteiger partial charge on any atom is 0.361 e. The topological polar surface area (TPSA) is 122 Å². The van der Waals surface area contributed by atoms with Gasteiger partial charge in [0.15, 0.2) is 5.69 Å². The van der Waals surface area contributed by atoms with E-state index >= 15 is 0 Å². The van der Waals surface area contributed by atoms with E-state index in [-0.39, 0.29) is 23.9 Å². The molecule has 0 saturated carbocycles. The molecule has 9 nitrogen and oxygen atoms in total. The Bertz CT molecular complexity index is 1100. The molecule has 0 amide bonds. The summed E-state index contributed by atoms with van der Waals surface area (Å²) in [5, 5.41) is 15.3. The van der Waals surface area contributed by atoms with Crippen molar-refractivity contribution in [2.24, 2.45) is 0 Å². The van der Waals surface area contributed by atoms with Crippen LogP contribution in [0.2, 0.25) is 0 Å².